The van der Waals surface area contributed by atoms with Crippen LogP contribution in [0.1, 0.15) is 10.4 Å². The van der Waals surface area contributed by atoms with Crippen molar-refractivity contribution in [3.63, 3.8) is 0 Å². The van der Waals surface area contributed by atoms with Gasteiger partial charge in [0.05, 0.1) is 0 Å². The predicted octanol–water partition coefficient (Wildman–Crippen LogP) is 7.41. The molecule has 6 aromatic rings. The van der Waals surface area contributed by atoms with Gasteiger partial charge in [-0.3, -0.25) is 4.79 Å². The number of ketones is 1. The third kappa shape index (κ3) is 7.26. The van der Waals surface area contributed by atoms with E-state index in [9.17, 15) is 57.5 Å². The van der Waals surface area contributed by atoms with Crippen LogP contribution in [-0.2, 0) is 6.54 Å². The minimum absolute atomic E-state index is 0.0521. The van der Waals surface area contributed by atoms with E-state index in [-0.39, 0.29) is 18.1 Å². The van der Waals surface area contributed by atoms with Crippen molar-refractivity contribution >= 4 is 33.8 Å². The SMILES string of the molecule is Fc1c(F)c(F)c([B-](c2c(F)c(F)c(F)c(F)c2F)(c2c(F)c(F)c(F)c(F)c2F)c2c(F)c(F)c(F)c(F)c2F)c(F)c1F.O=C(C[n+]1ccc(O)cc1)c1ccccc1. The molecule has 0 atom stereocenters. The molecule has 0 saturated carbocycles. The van der Waals surface area contributed by atoms with Crippen LogP contribution in [0, 0.1) is 116 Å². The van der Waals surface area contributed by atoms with E-state index in [1.54, 1.807) is 41.2 Å². The predicted molar refractivity (Wildman–Crippen MR) is 168 cm³/mol. The minimum Gasteiger partial charge on any atom is -0.507 e. The Hall–Kier alpha value is -6.62. The molecule has 1 heterocycles. The van der Waals surface area contributed by atoms with Gasteiger partial charge in [-0.1, -0.05) is 30.3 Å². The molecule has 1 N–H and O–H groups in total. The molecule has 0 saturated heterocycles. The van der Waals surface area contributed by atoms with Gasteiger partial charge in [0.15, 0.2) is 82.2 Å². The van der Waals surface area contributed by atoms with Gasteiger partial charge < -0.3 is 5.11 Å². The molecule has 5 aromatic carbocycles. The van der Waals surface area contributed by atoms with Crippen LogP contribution in [0.5, 0.6) is 5.75 Å². The lowest BCUT2D eigenvalue weighted by Crippen LogP contribution is -2.81. The second-order valence-electron chi connectivity index (χ2n) is 12.3. The number of halogens is 20. The third-order valence-corrected chi connectivity index (χ3v) is 9.00. The molecule has 0 radical (unpaired) electrons. The van der Waals surface area contributed by atoms with Crippen LogP contribution >= 0.6 is 0 Å². The molecule has 61 heavy (non-hydrogen) atoms. The number of carbonyl (C=O) groups excluding carboxylic acids is 1. The van der Waals surface area contributed by atoms with Crippen molar-refractivity contribution in [3.8, 4) is 5.75 Å². The van der Waals surface area contributed by atoms with Gasteiger partial charge in [0.1, 0.15) is 58.4 Å². The maximum atomic E-state index is 15.4. The highest BCUT2D eigenvalue weighted by molar-refractivity contribution is 7.20. The number of hydrogen-bond donors (Lipinski definition) is 1. The van der Waals surface area contributed by atoms with Gasteiger partial charge in [0, 0.05) is 17.7 Å². The summed E-state index contributed by atoms with van der Waals surface area (Å²) in [6, 6.07) is 12.3. The average molecular weight is 893 g/mol. The number of benzene rings is 5. The molecule has 1 aromatic heterocycles. The Balaban J connectivity index is 0.000000366. The molecule has 0 unspecified atom stereocenters. The van der Waals surface area contributed by atoms with E-state index in [0.717, 1.165) is 0 Å². The largest absolute Gasteiger partial charge is 0.507 e. The highest BCUT2D eigenvalue weighted by Gasteiger charge is 2.52. The molecule has 0 aliphatic heterocycles. The molecule has 0 fully saturated rings. The zero-order chi connectivity index (χ0) is 45.7. The maximum Gasteiger partial charge on any atom is 0.227 e. The number of nitrogens with zero attached hydrogens (tertiary/aromatic N) is 1. The Morgan fingerprint density at radius 1 is 0.377 bits per heavy atom. The van der Waals surface area contributed by atoms with Gasteiger partial charge in [0.2, 0.25) is 12.3 Å². The molecule has 6 rings (SSSR count). The van der Waals surface area contributed by atoms with Crippen molar-refractivity contribution in [2.45, 2.75) is 6.54 Å². The first kappa shape index (κ1) is 45.5. The zero-order valence-electron chi connectivity index (χ0n) is 28.8. The maximum absolute atomic E-state index is 15.4. The summed E-state index contributed by atoms with van der Waals surface area (Å²) in [5.41, 5.74) is -13.6. The normalized spacial score (nSPS) is 11.5. The van der Waals surface area contributed by atoms with Crippen molar-refractivity contribution < 1.29 is 102 Å². The van der Waals surface area contributed by atoms with Crippen LogP contribution < -0.4 is 26.4 Å². The van der Waals surface area contributed by atoms with Crippen LogP contribution in [0.3, 0.4) is 0 Å². The molecule has 0 spiro atoms. The van der Waals surface area contributed by atoms with Gasteiger partial charge in [-0.25, -0.2) is 87.8 Å². The van der Waals surface area contributed by atoms with Crippen LogP contribution in [0.2, 0.25) is 0 Å². The Morgan fingerprint density at radius 3 is 0.852 bits per heavy atom. The van der Waals surface area contributed by atoms with Gasteiger partial charge in [-0.2, -0.15) is 4.57 Å². The number of Topliss-reactive ketones (excluding diaryl/α,β-unsaturated/α-hetero) is 1. The molecule has 320 valence electrons. The molecule has 0 amide bonds. The summed E-state index contributed by atoms with van der Waals surface area (Å²) in [5, 5.41) is 9.11. The standard InChI is InChI=1S/C24BF20.C13H11NO2/c26-5-1(6(27)14(35)21(42)13(5)34)25(2-7(28)15(36)22(43)16(37)8(2)29,3-9(30)17(38)23(44)18(39)10(3)31)4-11(32)19(40)24(45)20(41)12(4)33;15-12-6-8-14(9-7-12)10-13(16)11-4-2-1-3-5-11/h;1-9H,10H2/q-1;/p+1. The summed E-state index contributed by atoms with van der Waals surface area (Å²) in [6.07, 6.45) is -3.86. The zero-order valence-corrected chi connectivity index (χ0v) is 28.8. The lowest BCUT2D eigenvalue weighted by molar-refractivity contribution is -0.683. The summed E-state index contributed by atoms with van der Waals surface area (Å²) in [4.78, 5) is 11.8. The molecule has 0 bridgehead atoms. The lowest BCUT2D eigenvalue weighted by Gasteiger charge is -2.44. The molecular weight excluding hydrogens is 881 g/mol. The summed E-state index contributed by atoms with van der Waals surface area (Å²) in [5.74, 6) is -71.2. The Morgan fingerprint density at radius 2 is 0.607 bits per heavy atom. The number of pyridine rings is 1. The fraction of sp³-hybridized carbons (Fsp3) is 0.0270. The van der Waals surface area contributed by atoms with E-state index in [1.807, 2.05) is 18.2 Å². The van der Waals surface area contributed by atoms with Gasteiger partial charge in [0.25, 0.3) is 0 Å². The molecular formula is C37H12BF20NO2. The second kappa shape index (κ2) is 16.8. The van der Waals surface area contributed by atoms with E-state index >= 15 is 35.1 Å². The first-order chi connectivity index (χ1) is 28.5. The molecule has 0 aliphatic carbocycles. The van der Waals surface area contributed by atoms with Crippen LogP contribution in [-0.4, -0.2) is 17.0 Å². The van der Waals surface area contributed by atoms with Crippen molar-refractivity contribution in [3.05, 3.63) is 177 Å². The van der Waals surface area contributed by atoms with Crippen molar-refractivity contribution in [1.29, 1.82) is 0 Å². The molecule has 24 heteroatoms. The molecule has 0 aliphatic rings. The topological polar surface area (TPSA) is 41.2 Å². The lowest BCUT2D eigenvalue weighted by atomic mass is 9.12. The van der Waals surface area contributed by atoms with Gasteiger partial charge in [-0.15, -0.1) is 21.9 Å². The summed E-state index contributed by atoms with van der Waals surface area (Å²) >= 11 is 0. The highest BCUT2D eigenvalue weighted by Crippen LogP contribution is 2.30. The number of hydrogen-bond acceptors (Lipinski definition) is 2. The number of aromatic hydroxyl groups is 1. The average Bonchev–Trinajstić information content (AvgIpc) is 3.24. The van der Waals surface area contributed by atoms with E-state index in [4.69, 9.17) is 5.11 Å². The number of aromatic nitrogens is 1. The van der Waals surface area contributed by atoms with Crippen molar-refractivity contribution in [2.24, 2.45) is 0 Å². The van der Waals surface area contributed by atoms with Gasteiger partial charge >= 0.3 is 0 Å². The molecule has 3 nitrogen and oxygen atoms in total. The van der Waals surface area contributed by atoms with Crippen LogP contribution in [0.25, 0.3) is 0 Å². The number of rotatable bonds is 7. The van der Waals surface area contributed by atoms with E-state index in [0.29, 0.717) is 5.56 Å². The minimum atomic E-state index is -7.22. The smallest absolute Gasteiger partial charge is 0.227 e. The van der Waals surface area contributed by atoms with Crippen LogP contribution in [0.4, 0.5) is 87.8 Å². The van der Waals surface area contributed by atoms with Crippen molar-refractivity contribution in [2.75, 3.05) is 0 Å². The van der Waals surface area contributed by atoms with E-state index < -0.39 is 144 Å². The monoisotopic (exact) mass is 893 g/mol. The fourth-order valence-electron chi connectivity index (χ4n) is 6.31. The van der Waals surface area contributed by atoms with E-state index in [2.05, 4.69) is 0 Å². The van der Waals surface area contributed by atoms with Gasteiger partial charge in [-0.05, 0) is 0 Å². The second-order valence-corrected chi connectivity index (χ2v) is 12.3. The highest BCUT2D eigenvalue weighted by atomic mass is 19.2. The summed E-state index contributed by atoms with van der Waals surface area (Å²) in [7, 11) is 0. The quantitative estimate of drug-likeness (QED) is 0.0454. The Bertz CT molecular complexity index is 2370. The van der Waals surface area contributed by atoms with Crippen LogP contribution in [0.15, 0.2) is 54.9 Å². The Labute approximate surface area is 325 Å². The summed E-state index contributed by atoms with van der Waals surface area (Å²) in [6.45, 7) is 0.282. The number of carbonyl (C=O) groups is 1. The fourth-order valence-corrected chi connectivity index (χ4v) is 6.31. The van der Waals surface area contributed by atoms with E-state index in [1.165, 1.54) is 0 Å². The first-order valence-electron chi connectivity index (χ1n) is 16.0. The van der Waals surface area contributed by atoms with Crippen molar-refractivity contribution in [1.82, 2.24) is 0 Å². The Kier molecular flexibility index (Phi) is 12.5. The summed E-state index contributed by atoms with van der Waals surface area (Å²) < 4.78 is 296. The first-order valence-corrected chi connectivity index (χ1v) is 16.0. The third-order valence-electron chi connectivity index (χ3n) is 9.00.